The fourth-order valence-corrected chi connectivity index (χ4v) is 3.35. The largest absolute Gasteiger partial charge is 0.506 e. The monoisotopic (exact) mass is 480 g/mol. The van der Waals surface area contributed by atoms with Crippen LogP contribution in [0.2, 0.25) is 10.0 Å². The lowest BCUT2D eigenvalue weighted by molar-refractivity contribution is -0.143. The zero-order chi connectivity index (χ0) is 22.2. The lowest BCUT2D eigenvalue weighted by atomic mass is 10.1. The molecule has 0 spiro atoms. The zero-order valence-electron chi connectivity index (χ0n) is 13.6. The molecular weight excluding hydrogens is 473 g/mol. The van der Waals surface area contributed by atoms with Crippen LogP contribution in [0.4, 0.5) is 26.3 Å². The van der Waals surface area contributed by atoms with Crippen LogP contribution in [-0.4, -0.2) is 19.7 Å². The van der Waals surface area contributed by atoms with Gasteiger partial charge in [-0.2, -0.15) is 39.9 Å². The molecule has 0 saturated heterocycles. The van der Waals surface area contributed by atoms with Crippen LogP contribution < -0.4 is 4.83 Å². The van der Waals surface area contributed by atoms with Gasteiger partial charge in [0.05, 0.1) is 27.3 Å². The molecular formula is C15H8Cl2F6N2O3S. The SMILES string of the molecule is O=S(=O)(NN=Cc1cc(Cl)cc(Cl)c1O)c1cc(C(F)(F)F)cc(C(F)(F)F)c1. The van der Waals surface area contributed by atoms with Crippen molar-refractivity contribution < 1.29 is 39.9 Å². The molecule has 0 aliphatic carbocycles. The molecule has 2 N–H and O–H groups in total. The standard InChI is InChI=1S/C15H8Cl2F6N2O3S/c16-10-1-7(13(26)12(17)5-10)6-24-25-29(27,28)11-3-8(14(18,19)20)2-9(4-11)15(21,22)23/h1-6,25-26H. The van der Waals surface area contributed by atoms with Crippen molar-refractivity contribution in [3.63, 3.8) is 0 Å². The summed E-state index contributed by atoms with van der Waals surface area (Å²) in [6.45, 7) is 0. The first-order valence-corrected chi connectivity index (χ1v) is 9.37. The minimum absolute atomic E-state index is 0.0286. The van der Waals surface area contributed by atoms with Crippen LogP contribution in [0.3, 0.4) is 0 Å². The molecule has 158 valence electrons. The predicted octanol–water partition coefficient (Wildman–Crippen LogP) is 5.05. The number of aromatic hydroxyl groups is 1. The summed E-state index contributed by atoms with van der Waals surface area (Å²) in [6.07, 6.45) is -9.74. The van der Waals surface area contributed by atoms with Gasteiger partial charge in [0.1, 0.15) is 5.75 Å². The van der Waals surface area contributed by atoms with Gasteiger partial charge in [-0.3, -0.25) is 0 Å². The van der Waals surface area contributed by atoms with Crippen molar-refractivity contribution in [3.8, 4) is 5.75 Å². The Bertz CT molecular complexity index is 1040. The number of phenolic OH excluding ortho intramolecular Hbond substituents is 1. The van der Waals surface area contributed by atoms with E-state index in [0.717, 1.165) is 6.07 Å². The molecule has 0 saturated carbocycles. The number of hydrazone groups is 1. The highest BCUT2D eigenvalue weighted by Crippen LogP contribution is 2.37. The molecule has 29 heavy (non-hydrogen) atoms. The third-order valence-corrected chi connectivity index (χ3v) is 5.01. The van der Waals surface area contributed by atoms with E-state index in [4.69, 9.17) is 23.2 Å². The number of nitrogens with zero attached hydrogens (tertiary/aromatic N) is 1. The first-order valence-electron chi connectivity index (χ1n) is 7.13. The van der Waals surface area contributed by atoms with Gasteiger partial charge >= 0.3 is 12.4 Å². The van der Waals surface area contributed by atoms with E-state index in [0.29, 0.717) is 6.21 Å². The van der Waals surface area contributed by atoms with Crippen LogP contribution >= 0.6 is 23.2 Å². The van der Waals surface area contributed by atoms with Gasteiger partial charge in [0.2, 0.25) is 0 Å². The quantitative estimate of drug-likeness (QED) is 0.365. The molecule has 14 heteroatoms. The maximum Gasteiger partial charge on any atom is 0.416 e. The summed E-state index contributed by atoms with van der Waals surface area (Å²) in [5.74, 6) is -0.530. The van der Waals surface area contributed by atoms with Crippen molar-refractivity contribution in [3.05, 3.63) is 57.1 Å². The second-order valence-electron chi connectivity index (χ2n) is 5.42. The third-order valence-electron chi connectivity index (χ3n) is 3.31. The second-order valence-corrected chi connectivity index (χ2v) is 7.92. The Labute approximate surface area is 169 Å². The van der Waals surface area contributed by atoms with E-state index >= 15 is 0 Å². The Morgan fingerprint density at radius 3 is 1.93 bits per heavy atom. The van der Waals surface area contributed by atoms with Gasteiger partial charge in [-0.25, -0.2) is 4.83 Å². The molecule has 0 aliphatic rings. The van der Waals surface area contributed by atoms with Crippen LogP contribution in [0.1, 0.15) is 16.7 Å². The molecule has 0 bridgehead atoms. The van der Waals surface area contributed by atoms with Crippen molar-refractivity contribution in [2.24, 2.45) is 5.10 Å². The van der Waals surface area contributed by atoms with Crippen molar-refractivity contribution >= 4 is 39.4 Å². The van der Waals surface area contributed by atoms with Crippen LogP contribution in [0.5, 0.6) is 5.75 Å². The van der Waals surface area contributed by atoms with Gasteiger partial charge in [-0.15, -0.1) is 0 Å². The molecule has 2 aromatic rings. The predicted molar refractivity (Wildman–Crippen MR) is 92.5 cm³/mol. The lowest BCUT2D eigenvalue weighted by Gasteiger charge is -2.14. The maximum atomic E-state index is 12.9. The van der Waals surface area contributed by atoms with E-state index in [1.54, 1.807) is 0 Å². The second kappa shape index (κ2) is 7.92. The highest BCUT2D eigenvalue weighted by molar-refractivity contribution is 7.89. The molecule has 0 unspecified atom stereocenters. The summed E-state index contributed by atoms with van der Waals surface area (Å²) in [5, 5.41) is 12.8. The molecule has 0 atom stereocenters. The summed E-state index contributed by atoms with van der Waals surface area (Å²) in [6, 6.07) is 2.14. The Kier molecular flexibility index (Phi) is 6.31. The molecule has 0 heterocycles. The number of hydrogen-bond donors (Lipinski definition) is 2. The number of nitrogens with one attached hydrogen (secondary N) is 1. The van der Waals surface area contributed by atoms with E-state index in [1.807, 2.05) is 0 Å². The molecule has 2 aromatic carbocycles. The number of hydrogen-bond acceptors (Lipinski definition) is 4. The van der Waals surface area contributed by atoms with E-state index in [-0.39, 0.29) is 33.8 Å². The fourth-order valence-electron chi connectivity index (χ4n) is 1.98. The average Bonchev–Trinajstić information content (AvgIpc) is 2.57. The first-order chi connectivity index (χ1) is 13.1. The Morgan fingerprint density at radius 2 is 1.45 bits per heavy atom. The fraction of sp³-hybridized carbons (Fsp3) is 0.133. The number of benzene rings is 2. The Hall–Kier alpha value is -2.18. The van der Waals surface area contributed by atoms with Crippen molar-refractivity contribution in [2.45, 2.75) is 17.2 Å². The van der Waals surface area contributed by atoms with Gasteiger partial charge in [-0.05, 0) is 30.3 Å². The summed E-state index contributed by atoms with van der Waals surface area (Å²) in [5.41, 5.74) is -3.78. The average molecular weight is 481 g/mol. The van der Waals surface area contributed by atoms with E-state index in [1.165, 1.54) is 10.9 Å². The summed E-state index contributed by atoms with van der Waals surface area (Å²) >= 11 is 11.4. The Morgan fingerprint density at radius 1 is 0.931 bits per heavy atom. The van der Waals surface area contributed by atoms with Crippen molar-refractivity contribution in [1.82, 2.24) is 4.83 Å². The number of phenols is 1. The topological polar surface area (TPSA) is 78.8 Å². The third kappa shape index (κ3) is 5.67. The van der Waals surface area contributed by atoms with Gasteiger partial charge in [-0.1, -0.05) is 23.2 Å². The molecule has 0 amide bonds. The smallest absolute Gasteiger partial charge is 0.416 e. The molecule has 0 aromatic heterocycles. The zero-order valence-corrected chi connectivity index (χ0v) is 15.9. The molecule has 0 radical (unpaired) electrons. The highest BCUT2D eigenvalue weighted by Gasteiger charge is 2.38. The van der Waals surface area contributed by atoms with E-state index in [2.05, 4.69) is 5.10 Å². The Balaban J connectivity index is 2.43. The van der Waals surface area contributed by atoms with Gasteiger partial charge in [0.15, 0.2) is 0 Å². The van der Waals surface area contributed by atoms with Crippen LogP contribution in [0.15, 0.2) is 40.3 Å². The molecule has 2 rings (SSSR count). The number of rotatable bonds is 4. The minimum Gasteiger partial charge on any atom is -0.506 e. The summed E-state index contributed by atoms with van der Waals surface area (Å²) < 4.78 is 101. The van der Waals surface area contributed by atoms with Crippen LogP contribution in [-0.2, 0) is 22.4 Å². The summed E-state index contributed by atoms with van der Waals surface area (Å²) in [4.78, 5) is 0.142. The van der Waals surface area contributed by atoms with Crippen molar-refractivity contribution in [1.29, 1.82) is 0 Å². The lowest BCUT2D eigenvalue weighted by Crippen LogP contribution is -2.21. The number of halogens is 8. The molecule has 0 aliphatic heterocycles. The molecule has 0 fully saturated rings. The van der Waals surface area contributed by atoms with Gasteiger partial charge in [0, 0.05) is 10.6 Å². The molecule has 5 nitrogen and oxygen atoms in total. The van der Waals surface area contributed by atoms with E-state index < -0.39 is 44.1 Å². The van der Waals surface area contributed by atoms with Crippen LogP contribution in [0.25, 0.3) is 0 Å². The summed E-state index contributed by atoms with van der Waals surface area (Å²) in [7, 11) is -4.92. The first kappa shape index (κ1) is 23.1. The maximum absolute atomic E-state index is 12.9. The normalized spacial score (nSPS) is 13.1. The highest BCUT2D eigenvalue weighted by atomic mass is 35.5. The number of sulfonamides is 1. The minimum atomic E-state index is -5.22. The number of alkyl halides is 6. The van der Waals surface area contributed by atoms with Crippen LogP contribution in [0, 0.1) is 0 Å². The van der Waals surface area contributed by atoms with Gasteiger partial charge in [0.25, 0.3) is 10.0 Å². The van der Waals surface area contributed by atoms with Gasteiger partial charge < -0.3 is 5.11 Å². The van der Waals surface area contributed by atoms with E-state index in [9.17, 15) is 39.9 Å². The van der Waals surface area contributed by atoms with Crippen molar-refractivity contribution in [2.75, 3.05) is 0 Å².